The normalized spacial score (nSPS) is 10.0. The van der Waals surface area contributed by atoms with Crippen LogP contribution in [0.25, 0.3) is 0 Å². The molecule has 0 saturated carbocycles. The first-order chi connectivity index (χ1) is 8.15. The van der Waals surface area contributed by atoms with Crippen molar-refractivity contribution in [1.29, 1.82) is 0 Å². The highest BCUT2D eigenvalue weighted by Crippen LogP contribution is 2.22. The van der Waals surface area contributed by atoms with E-state index in [9.17, 15) is 4.79 Å². The van der Waals surface area contributed by atoms with E-state index in [4.69, 9.17) is 15.2 Å². The zero-order valence-electron chi connectivity index (χ0n) is 10.4. The van der Waals surface area contributed by atoms with E-state index in [2.05, 4.69) is 0 Å². The fraction of sp³-hybridized carbons (Fsp3) is 0.462. The molecular formula is C13H19NO3. The minimum absolute atomic E-state index is 0.0754. The molecule has 4 heteroatoms. The van der Waals surface area contributed by atoms with Crippen molar-refractivity contribution in [2.45, 2.75) is 26.7 Å². The van der Waals surface area contributed by atoms with Crippen LogP contribution in [0, 0.1) is 6.92 Å². The maximum Gasteiger partial charge on any atom is 0.344 e. The minimum Gasteiger partial charge on any atom is -0.482 e. The number of benzene rings is 1. The summed E-state index contributed by atoms with van der Waals surface area (Å²) in [6, 6.07) is 5.37. The summed E-state index contributed by atoms with van der Waals surface area (Å²) in [5, 5.41) is 0. The summed E-state index contributed by atoms with van der Waals surface area (Å²) >= 11 is 0. The summed E-state index contributed by atoms with van der Waals surface area (Å²) in [6.45, 7) is 4.27. The van der Waals surface area contributed by atoms with Crippen LogP contribution in [0.3, 0.4) is 0 Å². The first kappa shape index (κ1) is 13.4. The third kappa shape index (κ3) is 4.34. The number of hydrogen-bond donors (Lipinski definition) is 1. The van der Waals surface area contributed by atoms with Crippen LogP contribution in [-0.2, 0) is 9.53 Å². The zero-order chi connectivity index (χ0) is 12.7. The Morgan fingerprint density at radius 1 is 1.41 bits per heavy atom. The highest BCUT2D eigenvalue weighted by Gasteiger charge is 2.06. The van der Waals surface area contributed by atoms with Gasteiger partial charge in [-0.3, -0.25) is 0 Å². The summed E-state index contributed by atoms with van der Waals surface area (Å²) in [5.41, 5.74) is 7.23. The molecule has 0 heterocycles. The molecule has 0 radical (unpaired) electrons. The fourth-order valence-electron chi connectivity index (χ4n) is 1.30. The lowest BCUT2D eigenvalue weighted by atomic mass is 10.2. The molecule has 0 fully saturated rings. The number of carbonyl (C=O) groups excluding carboxylic acids is 1. The van der Waals surface area contributed by atoms with E-state index in [0.29, 0.717) is 18.0 Å². The second-order valence-corrected chi connectivity index (χ2v) is 3.83. The second kappa shape index (κ2) is 6.78. The Bertz CT molecular complexity index is 377. The molecule has 4 nitrogen and oxygen atoms in total. The van der Waals surface area contributed by atoms with Gasteiger partial charge in [-0.05, 0) is 25.5 Å². The van der Waals surface area contributed by atoms with Crippen LogP contribution >= 0.6 is 0 Å². The molecule has 1 aromatic carbocycles. The average Bonchev–Trinajstić information content (AvgIpc) is 2.31. The van der Waals surface area contributed by atoms with Crippen LogP contribution in [-0.4, -0.2) is 19.2 Å². The minimum atomic E-state index is -0.347. The second-order valence-electron chi connectivity index (χ2n) is 3.83. The lowest BCUT2D eigenvalue weighted by Crippen LogP contribution is -2.16. The van der Waals surface area contributed by atoms with Crippen molar-refractivity contribution < 1.29 is 14.3 Å². The summed E-state index contributed by atoms with van der Waals surface area (Å²) in [7, 11) is 0. The summed E-state index contributed by atoms with van der Waals surface area (Å²) < 4.78 is 10.3. The van der Waals surface area contributed by atoms with Gasteiger partial charge in [0.2, 0.25) is 0 Å². The molecule has 94 valence electrons. The van der Waals surface area contributed by atoms with E-state index in [1.165, 1.54) is 0 Å². The predicted octanol–water partition coefficient (Wildman–Crippen LogP) is 2.30. The van der Waals surface area contributed by atoms with Gasteiger partial charge in [0.15, 0.2) is 6.61 Å². The topological polar surface area (TPSA) is 61.5 Å². The van der Waals surface area contributed by atoms with Crippen molar-refractivity contribution in [3.8, 4) is 5.75 Å². The molecule has 2 N–H and O–H groups in total. The number of carbonyl (C=O) groups is 1. The van der Waals surface area contributed by atoms with Gasteiger partial charge in [-0.15, -0.1) is 0 Å². The molecule has 1 rings (SSSR count). The number of unbranched alkanes of at least 4 members (excludes halogenated alkanes) is 1. The molecule has 0 spiro atoms. The van der Waals surface area contributed by atoms with Crippen molar-refractivity contribution in [3.05, 3.63) is 23.8 Å². The Kier molecular flexibility index (Phi) is 5.33. The van der Waals surface area contributed by atoms with Gasteiger partial charge < -0.3 is 15.2 Å². The van der Waals surface area contributed by atoms with Crippen LogP contribution in [0.1, 0.15) is 25.3 Å². The van der Waals surface area contributed by atoms with Crippen LogP contribution in [0.15, 0.2) is 18.2 Å². The molecule has 0 aliphatic carbocycles. The Morgan fingerprint density at radius 3 is 2.88 bits per heavy atom. The van der Waals surface area contributed by atoms with Gasteiger partial charge in [-0.1, -0.05) is 19.4 Å². The number of esters is 1. The van der Waals surface area contributed by atoms with E-state index >= 15 is 0 Å². The monoisotopic (exact) mass is 237 g/mol. The maximum absolute atomic E-state index is 11.3. The lowest BCUT2D eigenvalue weighted by molar-refractivity contribution is -0.146. The van der Waals surface area contributed by atoms with E-state index in [-0.39, 0.29) is 12.6 Å². The average molecular weight is 237 g/mol. The number of nitrogens with two attached hydrogens (primary N) is 1. The molecule has 17 heavy (non-hydrogen) atoms. The molecule has 1 aromatic rings. The van der Waals surface area contributed by atoms with E-state index in [1.54, 1.807) is 18.2 Å². The molecule has 0 aliphatic rings. The Morgan fingerprint density at radius 2 is 2.18 bits per heavy atom. The van der Waals surface area contributed by atoms with Crippen molar-refractivity contribution in [2.24, 2.45) is 0 Å². The van der Waals surface area contributed by atoms with E-state index in [0.717, 1.165) is 18.4 Å². The number of anilines is 1. The van der Waals surface area contributed by atoms with Gasteiger partial charge in [0.1, 0.15) is 5.75 Å². The maximum atomic E-state index is 11.3. The quantitative estimate of drug-likeness (QED) is 0.468. The van der Waals surface area contributed by atoms with Crippen molar-refractivity contribution in [1.82, 2.24) is 0 Å². The van der Waals surface area contributed by atoms with Crippen molar-refractivity contribution >= 4 is 11.7 Å². The first-order valence-corrected chi connectivity index (χ1v) is 5.78. The van der Waals surface area contributed by atoms with Crippen LogP contribution < -0.4 is 10.5 Å². The van der Waals surface area contributed by atoms with Gasteiger partial charge in [-0.2, -0.15) is 0 Å². The van der Waals surface area contributed by atoms with Gasteiger partial charge >= 0.3 is 5.97 Å². The van der Waals surface area contributed by atoms with Gasteiger partial charge in [0, 0.05) is 11.3 Å². The number of ether oxygens (including phenoxy) is 2. The van der Waals surface area contributed by atoms with E-state index < -0.39 is 0 Å². The standard InChI is InChI=1S/C13H19NO3/c1-3-4-8-16-13(15)9-17-12-7-5-6-11(14)10(12)2/h5-7H,3-4,8-9,14H2,1-2H3. The van der Waals surface area contributed by atoms with Crippen LogP contribution in [0.2, 0.25) is 0 Å². The lowest BCUT2D eigenvalue weighted by Gasteiger charge is -2.10. The third-order valence-corrected chi connectivity index (χ3v) is 2.43. The zero-order valence-corrected chi connectivity index (χ0v) is 10.4. The van der Waals surface area contributed by atoms with Gasteiger partial charge in [0.25, 0.3) is 0 Å². The SMILES string of the molecule is CCCCOC(=O)COc1cccc(N)c1C. The number of nitrogen functional groups attached to an aromatic ring is 1. The summed E-state index contributed by atoms with van der Waals surface area (Å²) in [6.07, 6.45) is 1.88. The predicted molar refractivity (Wildman–Crippen MR) is 67.0 cm³/mol. The molecule has 0 saturated heterocycles. The number of hydrogen-bond acceptors (Lipinski definition) is 4. The number of rotatable bonds is 6. The largest absolute Gasteiger partial charge is 0.482 e. The van der Waals surface area contributed by atoms with E-state index in [1.807, 2.05) is 13.8 Å². The van der Waals surface area contributed by atoms with Crippen molar-refractivity contribution in [2.75, 3.05) is 18.9 Å². The fourth-order valence-corrected chi connectivity index (χ4v) is 1.30. The van der Waals surface area contributed by atoms with Crippen LogP contribution in [0.5, 0.6) is 5.75 Å². The smallest absolute Gasteiger partial charge is 0.344 e. The van der Waals surface area contributed by atoms with Gasteiger partial charge in [-0.25, -0.2) is 4.79 Å². The first-order valence-electron chi connectivity index (χ1n) is 5.78. The van der Waals surface area contributed by atoms with Crippen molar-refractivity contribution in [3.63, 3.8) is 0 Å². The molecular weight excluding hydrogens is 218 g/mol. The summed E-state index contributed by atoms with van der Waals surface area (Å²) in [4.78, 5) is 11.3. The molecule has 0 aliphatic heterocycles. The molecule has 0 bridgehead atoms. The third-order valence-electron chi connectivity index (χ3n) is 2.43. The van der Waals surface area contributed by atoms with Gasteiger partial charge in [0.05, 0.1) is 6.61 Å². The molecule has 0 amide bonds. The molecule has 0 unspecified atom stereocenters. The Labute approximate surface area is 102 Å². The Hall–Kier alpha value is -1.71. The molecule has 0 atom stereocenters. The van der Waals surface area contributed by atoms with Crippen LogP contribution in [0.4, 0.5) is 5.69 Å². The highest BCUT2D eigenvalue weighted by atomic mass is 16.6. The molecule has 0 aromatic heterocycles. The highest BCUT2D eigenvalue weighted by molar-refractivity contribution is 5.71. The Balaban J connectivity index is 2.39. The summed E-state index contributed by atoms with van der Waals surface area (Å²) in [5.74, 6) is 0.276.